The van der Waals surface area contributed by atoms with Crippen LogP contribution in [0, 0.1) is 0 Å². The molecule has 0 radical (unpaired) electrons. The first kappa shape index (κ1) is 32.3. The van der Waals surface area contributed by atoms with Crippen LogP contribution in [-0.2, 0) is 0 Å². The highest BCUT2D eigenvalue weighted by molar-refractivity contribution is 7.00. The van der Waals surface area contributed by atoms with Gasteiger partial charge in [0.1, 0.15) is 23.0 Å². The van der Waals surface area contributed by atoms with Crippen LogP contribution in [-0.4, -0.2) is 13.4 Å². The van der Waals surface area contributed by atoms with Gasteiger partial charge in [0.2, 0.25) is 0 Å². The van der Waals surface area contributed by atoms with Crippen LogP contribution in [0.1, 0.15) is 0 Å². The second-order valence-corrected chi connectivity index (χ2v) is 16.3. The van der Waals surface area contributed by atoms with Gasteiger partial charge in [0, 0.05) is 34.1 Å². The fourth-order valence-electron chi connectivity index (χ4n) is 10.9. The quantitative estimate of drug-likeness (QED) is 0.129. The summed E-state index contributed by atoms with van der Waals surface area (Å²) < 4.78 is 13.4. The summed E-state index contributed by atoms with van der Waals surface area (Å²) in [6.45, 7) is -0.0184. The van der Waals surface area contributed by atoms with E-state index in [1.807, 2.05) is 0 Å². The molecular formula is C54H32B2N2O2. The Kier molecular flexibility index (Phi) is 6.42. The third-order valence-corrected chi connectivity index (χ3v) is 13.3. The first-order valence-corrected chi connectivity index (χ1v) is 20.7. The second kappa shape index (κ2) is 11.9. The minimum atomic E-state index is -0.00922. The molecule has 0 saturated heterocycles. The molecule has 276 valence electrons. The lowest BCUT2D eigenvalue weighted by Crippen LogP contribution is -2.59. The molecule has 0 amide bonds. The van der Waals surface area contributed by atoms with Crippen molar-refractivity contribution in [3.05, 3.63) is 194 Å². The summed E-state index contributed by atoms with van der Waals surface area (Å²) in [7, 11) is 0. The SMILES string of the molecule is c1ccc(N2c3cc4c5ccccc5c5cc6c(cc5c4cc3B3c4ccccc4Oc4cccc2c43)B2c3ccccc3Oc3cccc(c32)N6c2ccccc2)cc1. The summed E-state index contributed by atoms with van der Waals surface area (Å²) >= 11 is 0. The van der Waals surface area contributed by atoms with E-state index in [0.29, 0.717) is 0 Å². The van der Waals surface area contributed by atoms with E-state index < -0.39 is 0 Å². The van der Waals surface area contributed by atoms with E-state index in [1.165, 1.54) is 76.5 Å². The highest BCUT2D eigenvalue weighted by atomic mass is 16.5. The van der Waals surface area contributed by atoms with Gasteiger partial charge in [0.15, 0.2) is 0 Å². The Morgan fingerprint density at radius 2 is 0.667 bits per heavy atom. The summed E-state index contributed by atoms with van der Waals surface area (Å²) in [5.41, 5.74) is 14.3. The molecule has 4 aliphatic rings. The van der Waals surface area contributed by atoms with Gasteiger partial charge in [-0.05, 0) is 138 Å². The van der Waals surface area contributed by atoms with Crippen molar-refractivity contribution in [2.45, 2.75) is 0 Å². The zero-order chi connectivity index (χ0) is 39.1. The zero-order valence-corrected chi connectivity index (χ0v) is 32.3. The number of nitrogens with zero attached hydrogens (tertiary/aromatic N) is 2. The van der Waals surface area contributed by atoms with Crippen LogP contribution in [0.5, 0.6) is 23.0 Å². The first-order chi connectivity index (χ1) is 29.8. The van der Waals surface area contributed by atoms with Gasteiger partial charge >= 0.3 is 0 Å². The number of hydrogen-bond acceptors (Lipinski definition) is 4. The van der Waals surface area contributed by atoms with Gasteiger partial charge in [-0.1, -0.05) is 121 Å². The van der Waals surface area contributed by atoms with E-state index in [4.69, 9.17) is 9.47 Å². The summed E-state index contributed by atoms with van der Waals surface area (Å²) in [5.74, 6) is 3.65. The van der Waals surface area contributed by atoms with Crippen LogP contribution in [0.25, 0.3) is 32.3 Å². The molecule has 4 heterocycles. The molecule has 0 atom stereocenters. The molecule has 10 aromatic carbocycles. The third kappa shape index (κ3) is 4.27. The second-order valence-electron chi connectivity index (χ2n) is 16.3. The normalized spacial score (nSPS) is 13.8. The summed E-state index contributed by atoms with van der Waals surface area (Å²) in [6.07, 6.45) is 0. The van der Waals surface area contributed by atoms with Gasteiger partial charge in [-0.25, -0.2) is 0 Å². The fraction of sp³-hybridized carbons (Fsp3) is 0. The average Bonchev–Trinajstić information content (AvgIpc) is 3.31. The summed E-state index contributed by atoms with van der Waals surface area (Å²) in [4.78, 5) is 4.89. The number of fused-ring (bicyclic) bond motifs is 14. The van der Waals surface area contributed by atoms with Gasteiger partial charge in [0.05, 0.1) is 0 Å². The minimum Gasteiger partial charge on any atom is -0.458 e. The average molecular weight is 762 g/mol. The molecule has 4 nitrogen and oxygen atoms in total. The Balaban J connectivity index is 1.13. The summed E-state index contributed by atoms with van der Waals surface area (Å²) in [6, 6.07) is 70.7. The van der Waals surface area contributed by atoms with Crippen molar-refractivity contribution in [2.75, 3.05) is 9.80 Å². The minimum absolute atomic E-state index is 0.00922. The lowest BCUT2D eigenvalue weighted by atomic mass is 9.34. The van der Waals surface area contributed by atoms with Crippen molar-refractivity contribution in [3.63, 3.8) is 0 Å². The maximum atomic E-state index is 6.70. The fourth-order valence-corrected chi connectivity index (χ4v) is 10.9. The molecule has 14 rings (SSSR count). The van der Waals surface area contributed by atoms with Crippen molar-refractivity contribution < 1.29 is 9.47 Å². The van der Waals surface area contributed by atoms with Crippen LogP contribution < -0.4 is 52.1 Å². The van der Waals surface area contributed by atoms with Crippen LogP contribution >= 0.6 is 0 Å². The molecule has 10 aromatic rings. The topological polar surface area (TPSA) is 24.9 Å². The Hall–Kier alpha value is -7.69. The van der Waals surface area contributed by atoms with E-state index in [2.05, 4.69) is 204 Å². The molecule has 0 bridgehead atoms. The predicted octanol–water partition coefficient (Wildman–Crippen LogP) is 9.96. The lowest BCUT2D eigenvalue weighted by Gasteiger charge is -2.41. The maximum absolute atomic E-state index is 6.70. The Bertz CT molecular complexity index is 3250. The number of ether oxygens (including phenoxy) is 2. The third-order valence-electron chi connectivity index (χ3n) is 13.3. The number of rotatable bonds is 2. The monoisotopic (exact) mass is 762 g/mol. The van der Waals surface area contributed by atoms with Crippen molar-refractivity contribution in [1.82, 2.24) is 0 Å². The van der Waals surface area contributed by atoms with Gasteiger partial charge < -0.3 is 19.3 Å². The molecule has 0 aliphatic carbocycles. The van der Waals surface area contributed by atoms with Gasteiger partial charge in [-0.15, -0.1) is 0 Å². The number of para-hydroxylation sites is 4. The standard InChI is InChI=1S/C54H32B2N2O2/c1-3-15-33(16-4-1)57-45-23-13-27-51-53(45)55(41-21-9-11-25-49(41)59-51)43-29-37-38-30-44-48(32-40(38)36-20-8-7-19-35(36)39(37)31-47(43)57)58(34-17-5-2-6-18-34)46-24-14-28-52-54(46)56(44)42-22-10-12-26-50(42)60-52/h1-32H. The largest absolute Gasteiger partial charge is 0.458 e. The van der Waals surface area contributed by atoms with Gasteiger partial charge in [-0.3, -0.25) is 0 Å². The molecule has 4 aliphatic heterocycles. The molecule has 0 unspecified atom stereocenters. The van der Waals surface area contributed by atoms with Crippen molar-refractivity contribution >= 4 is 113 Å². The molecule has 60 heavy (non-hydrogen) atoms. The number of benzene rings is 10. The van der Waals surface area contributed by atoms with E-state index in [1.54, 1.807) is 0 Å². The van der Waals surface area contributed by atoms with Crippen LogP contribution in [0.4, 0.5) is 34.1 Å². The molecule has 0 saturated carbocycles. The zero-order valence-electron chi connectivity index (χ0n) is 32.3. The molecular weight excluding hydrogens is 730 g/mol. The smallest absolute Gasteiger partial charge is 0.256 e. The highest BCUT2D eigenvalue weighted by Crippen LogP contribution is 2.47. The Morgan fingerprint density at radius 3 is 1.13 bits per heavy atom. The Morgan fingerprint density at radius 1 is 0.283 bits per heavy atom. The van der Waals surface area contributed by atoms with Crippen molar-refractivity contribution in [1.29, 1.82) is 0 Å². The van der Waals surface area contributed by atoms with Gasteiger partial charge in [0.25, 0.3) is 13.4 Å². The maximum Gasteiger partial charge on any atom is 0.256 e. The molecule has 0 spiro atoms. The molecule has 6 heteroatoms. The first-order valence-electron chi connectivity index (χ1n) is 20.7. The predicted molar refractivity (Wildman–Crippen MR) is 251 cm³/mol. The van der Waals surface area contributed by atoms with Gasteiger partial charge in [-0.2, -0.15) is 0 Å². The lowest BCUT2D eigenvalue weighted by molar-refractivity contribution is 0.487. The van der Waals surface area contributed by atoms with Crippen LogP contribution in [0.15, 0.2) is 194 Å². The van der Waals surface area contributed by atoms with E-state index >= 15 is 0 Å². The highest BCUT2D eigenvalue weighted by Gasteiger charge is 2.44. The van der Waals surface area contributed by atoms with Crippen LogP contribution in [0.3, 0.4) is 0 Å². The van der Waals surface area contributed by atoms with Crippen LogP contribution in [0.2, 0.25) is 0 Å². The van der Waals surface area contributed by atoms with Crippen molar-refractivity contribution in [2.24, 2.45) is 0 Å². The molecule has 0 fully saturated rings. The Labute approximate surface area is 347 Å². The number of hydrogen-bond donors (Lipinski definition) is 0. The van der Waals surface area contributed by atoms with E-state index in [-0.39, 0.29) is 13.4 Å². The van der Waals surface area contributed by atoms with E-state index in [9.17, 15) is 0 Å². The van der Waals surface area contributed by atoms with E-state index in [0.717, 1.165) is 45.7 Å². The summed E-state index contributed by atoms with van der Waals surface area (Å²) in [5, 5.41) is 7.44. The molecule has 0 aromatic heterocycles. The number of anilines is 6. The molecule has 0 N–H and O–H groups in total. The van der Waals surface area contributed by atoms with Crippen molar-refractivity contribution in [3.8, 4) is 23.0 Å².